The Balaban J connectivity index is 1.20. The average molecular weight is 478 g/mol. The summed E-state index contributed by atoms with van der Waals surface area (Å²) in [5.41, 5.74) is 2.01. The topological polar surface area (TPSA) is 100 Å². The fourth-order valence-electron chi connectivity index (χ4n) is 3.64. The quantitative estimate of drug-likeness (QED) is 0.411. The van der Waals surface area contributed by atoms with E-state index in [1.807, 2.05) is 30.3 Å². The molecule has 3 heterocycles. The molecule has 172 valence electrons. The monoisotopic (exact) mass is 477 g/mol. The molecule has 2 aromatic carbocycles. The molecule has 1 N–H and O–H groups in total. The Morgan fingerprint density at radius 3 is 2.94 bits per heavy atom. The van der Waals surface area contributed by atoms with E-state index in [0.717, 1.165) is 11.1 Å². The van der Waals surface area contributed by atoms with Gasteiger partial charge >= 0.3 is 0 Å². The number of carbonyl (C=O) groups is 1. The van der Waals surface area contributed by atoms with Gasteiger partial charge in [-0.1, -0.05) is 29.8 Å². The number of hydrogen-bond donors (Lipinski definition) is 1. The van der Waals surface area contributed by atoms with E-state index in [9.17, 15) is 9.59 Å². The fraction of sp³-hybridized carbons (Fsp3) is 0.167. The zero-order valence-electron chi connectivity index (χ0n) is 18.0. The van der Waals surface area contributed by atoms with Crippen LogP contribution >= 0.6 is 11.6 Å². The molecule has 0 aliphatic carbocycles. The molecule has 1 aliphatic heterocycles. The number of benzene rings is 2. The lowest BCUT2D eigenvalue weighted by molar-refractivity contribution is -0.116. The molecule has 34 heavy (non-hydrogen) atoms. The predicted molar refractivity (Wildman–Crippen MR) is 127 cm³/mol. The summed E-state index contributed by atoms with van der Waals surface area (Å²) < 4.78 is 13.7. The van der Waals surface area contributed by atoms with Crippen molar-refractivity contribution in [3.8, 4) is 11.5 Å². The summed E-state index contributed by atoms with van der Waals surface area (Å²) >= 11 is 6.03. The zero-order chi connectivity index (χ0) is 23.5. The summed E-state index contributed by atoms with van der Waals surface area (Å²) in [6, 6.07) is 12.8. The van der Waals surface area contributed by atoms with Crippen molar-refractivity contribution >= 4 is 34.6 Å². The van der Waals surface area contributed by atoms with Gasteiger partial charge in [-0.3, -0.25) is 14.2 Å². The molecule has 10 heteroatoms. The van der Waals surface area contributed by atoms with E-state index < -0.39 is 0 Å². The van der Waals surface area contributed by atoms with Gasteiger partial charge in [-0.2, -0.15) is 5.10 Å². The molecule has 4 aromatic rings. The summed E-state index contributed by atoms with van der Waals surface area (Å²) in [5.74, 6) is 1.11. The standard InChI is InChI=1S/C24H20ClN5O4/c25-18-3-1-2-17(10-18)13-29-14-27-23-19(24(29)32)12-28-30(23)9-8-26-22(31)7-5-16-4-6-20-21(11-16)34-15-33-20/h1-7,10-12,14H,8-9,13,15H2,(H,26,31). The highest BCUT2D eigenvalue weighted by Gasteiger charge is 2.13. The molecule has 0 radical (unpaired) electrons. The zero-order valence-corrected chi connectivity index (χ0v) is 18.7. The minimum absolute atomic E-state index is 0.188. The number of nitrogens with zero attached hydrogens (tertiary/aromatic N) is 4. The highest BCUT2D eigenvalue weighted by molar-refractivity contribution is 6.30. The molecular weight excluding hydrogens is 458 g/mol. The highest BCUT2D eigenvalue weighted by Crippen LogP contribution is 2.32. The van der Waals surface area contributed by atoms with E-state index in [1.165, 1.54) is 23.2 Å². The lowest BCUT2D eigenvalue weighted by atomic mass is 10.2. The number of hydrogen-bond acceptors (Lipinski definition) is 6. The first-order valence-corrected chi connectivity index (χ1v) is 11.0. The molecule has 5 rings (SSSR count). The van der Waals surface area contributed by atoms with E-state index in [-0.39, 0.29) is 18.3 Å². The summed E-state index contributed by atoms with van der Waals surface area (Å²) in [7, 11) is 0. The molecule has 2 aromatic heterocycles. The van der Waals surface area contributed by atoms with Crippen LogP contribution in [0.5, 0.6) is 11.5 Å². The van der Waals surface area contributed by atoms with Crippen LogP contribution in [0.3, 0.4) is 0 Å². The molecule has 0 unspecified atom stereocenters. The number of amides is 1. The predicted octanol–water partition coefficient (Wildman–Crippen LogP) is 2.85. The van der Waals surface area contributed by atoms with Crippen LogP contribution in [0.1, 0.15) is 11.1 Å². The normalized spacial score (nSPS) is 12.5. The van der Waals surface area contributed by atoms with Crippen LogP contribution in [0, 0.1) is 0 Å². The number of rotatable bonds is 7. The third-order valence-corrected chi connectivity index (χ3v) is 5.55. The Bertz CT molecular complexity index is 1460. The molecule has 1 amide bonds. The van der Waals surface area contributed by atoms with E-state index in [1.54, 1.807) is 22.9 Å². The van der Waals surface area contributed by atoms with Gasteiger partial charge in [0.1, 0.15) is 11.7 Å². The van der Waals surface area contributed by atoms with Gasteiger partial charge < -0.3 is 14.8 Å². The largest absolute Gasteiger partial charge is 0.454 e. The van der Waals surface area contributed by atoms with E-state index in [0.29, 0.717) is 47.2 Å². The molecule has 0 saturated carbocycles. The molecule has 1 aliphatic rings. The maximum atomic E-state index is 12.8. The summed E-state index contributed by atoms with van der Waals surface area (Å²) in [5, 5.41) is 8.10. The number of halogens is 1. The van der Waals surface area contributed by atoms with Crippen molar-refractivity contribution < 1.29 is 14.3 Å². The number of carbonyl (C=O) groups excluding carboxylic acids is 1. The Hall–Kier alpha value is -4.11. The minimum atomic E-state index is -0.244. The SMILES string of the molecule is O=C(C=Cc1ccc2c(c1)OCO2)NCCn1ncc2c(=O)n(Cc3cccc(Cl)c3)cnc21. The van der Waals surface area contributed by atoms with E-state index in [4.69, 9.17) is 21.1 Å². The van der Waals surface area contributed by atoms with Crippen LogP contribution in [0.2, 0.25) is 5.02 Å². The van der Waals surface area contributed by atoms with Gasteiger partial charge in [0.25, 0.3) is 5.56 Å². The van der Waals surface area contributed by atoms with Crippen molar-refractivity contribution in [3.05, 3.63) is 87.6 Å². The van der Waals surface area contributed by atoms with Crippen molar-refractivity contribution in [2.45, 2.75) is 13.1 Å². The molecule has 0 bridgehead atoms. The molecular formula is C24H20ClN5O4. The first-order valence-electron chi connectivity index (χ1n) is 10.6. The Morgan fingerprint density at radius 1 is 1.18 bits per heavy atom. The first kappa shape index (κ1) is 21.7. The van der Waals surface area contributed by atoms with Crippen LogP contribution in [0.15, 0.2) is 65.9 Å². The van der Waals surface area contributed by atoms with E-state index >= 15 is 0 Å². The molecule has 0 spiro atoms. The number of ether oxygens (including phenoxy) is 2. The third-order valence-electron chi connectivity index (χ3n) is 5.31. The number of aromatic nitrogens is 4. The lowest BCUT2D eigenvalue weighted by Gasteiger charge is -2.07. The van der Waals surface area contributed by atoms with Crippen LogP contribution in [-0.2, 0) is 17.9 Å². The van der Waals surface area contributed by atoms with Crippen LogP contribution in [0.25, 0.3) is 17.1 Å². The minimum Gasteiger partial charge on any atom is -0.454 e. The smallest absolute Gasteiger partial charge is 0.264 e. The van der Waals surface area contributed by atoms with Crippen LogP contribution in [0.4, 0.5) is 0 Å². The van der Waals surface area contributed by atoms with Gasteiger partial charge in [0.2, 0.25) is 12.7 Å². The summed E-state index contributed by atoms with van der Waals surface area (Å²) in [4.78, 5) is 29.4. The van der Waals surface area contributed by atoms with Crippen molar-refractivity contribution in [3.63, 3.8) is 0 Å². The second kappa shape index (κ2) is 9.40. The Morgan fingerprint density at radius 2 is 2.06 bits per heavy atom. The van der Waals surface area contributed by atoms with Crippen molar-refractivity contribution in [1.29, 1.82) is 0 Å². The van der Waals surface area contributed by atoms with Gasteiger partial charge in [-0.15, -0.1) is 0 Å². The van der Waals surface area contributed by atoms with Crippen molar-refractivity contribution in [2.24, 2.45) is 0 Å². The lowest BCUT2D eigenvalue weighted by Crippen LogP contribution is -2.26. The molecule has 9 nitrogen and oxygen atoms in total. The third kappa shape index (κ3) is 4.65. The van der Waals surface area contributed by atoms with Gasteiger partial charge in [0, 0.05) is 17.6 Å². The van der Waals surface area contributed by atoms with Crippen LogP contribution in [-0.4, -0.2) is 38.6 Å². The first-order chi connectivity index (χ1) is 16.6. The Labute approximate surface area is 199 Å². The van der Waals surface area contributed by atoms with E-state index in [2.05, 4.69) is 15.4 Å². The average Bonchev–Trinajstić information content (AvgIpc) is 3.46. The molecule has 0 saturated heterocycles. The molecule has 0 fully saturated rings. The summed E-state index contributed by atoms with van der Waals surface area (Å²) in [6.07, 6.45) is 6.15. The number of fused-ring (bicyclic) bond motifs is 2. The second-order valence-electron chi connectivity index (χ2n) is 7.65. The number of nitrogens with one attached hydrogen (secondary N) is 1. The highest BCUT2D eigenvalue weighted by atomic mass is 35.5. The van der Waals surface area contributed by atoms with Gasteiger partial charge in [0.05, 0.1) is 19.3 Å². The van der Waals surface area contributed by atoms with Gasteiger partial charge in [-0.25, -0.2) is 9.67 Å². The maximum Gasteiger partial charge on any atom is 0.264 e. The van der Waals surface area contributed by atoms with Crippen molar-refractivity contribution in [1.82, 2.24) is 24.6 Å². The maximum absolute atomic E-state index is 12.8. The Kier molecular flexibility index (Phi) is 6.01. The molecule has 0 atom stereocenters. The summed E-state index contributed by atoms with van der Waals surface area (Å²) in [6.45, 7) is 1.27. The van der Waals surface area contributed by atoms with Crippen LogP contribution < -0.4 is 20.3 Å². The van der Waals surface area contributed by atoms with Crippen molar-refractivity contribution in [2.75, 3.05) is 13.3 Å². The fourth-order valence-corrected chi connectivity index (χ4v) is 3.85. The second-order valence-corrected chi connectivity index (χ2v) is 8.09. The van der Waals surface area contributed by atoms with Gasteiger partial charge in [-0.05, 0) is 41.5 Å². The van der Waals surface area contributed by atoms with Gasteiger partial charge in [0.15, 0.2) is 17.1 Å².